The number of nitrogens with zero attached hydrogens (tertiary/aromatic N) is 1. The van der Waals surface area contributed by atoms with Gasteiger partial charge in [0.15, 0.2) is 0 Å². The molecule has 1 N–H and O–H groups in total. The van der Waals surface area contributed by atoms with E-state index in [1.807, 2.05) is 0 Å². The molecule has 104 valence electrons. The van der Waals surface area contributed by atoms with Gasteiger partial charge < -0.3 is 10.2 Å². The van der Waals surface area contributed by atoms with E-state index >= 15 is 0 Å². The number of hydrogen-bond donors (Lipinski definition) is 1. The van der Waals surface area contributed by atoms with Gasteiger partial charge in [0.25, 0.3) is 0 Å². The van der Waals surface area contributed by atoms with Gasteiger partial charge in [-0.15, -0.1) is 0 Å². The fraction of sp³-hybridized carbons (Fsp3) is 0.529. The maximum atomic E-state index is 3.64. The van der Waals surface area contributed by atoms with Gasteiger partial charge >= 0.3 is 0 Å². The summed E-state index contributed by atoms with van der Waals surface area (Å²) in [6.45, 7) is 7.02. The van der Waals surface area contributed by atoms with Crippen LogP contribution >= 0.6 is 0 Å². The minimum atomic E-state index is 0.702. The molecule has 0 amide bonds. The van der Waals surface area contributed by atoms with Gasteiger partial charge in [0.2, 0.25) is 0 Å². The van der Waals surface area contributed by atoms with Crippen LogP contribution in [0.15, 0.2) is 36.4 Å². The summed E-state index contributed by atoms with van der Waals surface area (Å²) in [6, 6.07) is 11.2. The molecule has 0 aromatic heterocycles. The molecule has 1 heterocycles. The van der Waals surface area contributed by atoms with Crippen molar-refractivity contribution in [2.24, 2.45) is 0 Å². The van der Waals surface area contributed by atoms with Gasteiger partial charge in [0, 0.05) is 12.6 Å². The molecule has 1 aromatic rings. The van der Waals surface area contributed by atoms with Crippen LogP contribution in [0.5, 0.6) is 0 Å². The fourth-order valence-corrected chi connectivity index (χ4v) is 2.67. The van der Waals surface area contributed by atoms with Crippen LogP contribution in [0, 0.1) is 0 Å². The molecule has 1 fully saturated rings. The lowest BCUT2D eigenvalue weighted by atomic mass is 10.0. The Morgan fingerprint density at radius 2 is 1.95 bits per heavy atom. The molecule has 2 nitrogen and oxygen atoms in total. The smallest absolute Gasteiger partial charge is 0.0140 e. The van der Waals surface area contributed by atoms with Gasteiger partial charge in [-0.1, -0.05) is 49.4 Å². The topological polar surface area (TPSA) is 15.3 Å². The second kappa shape index (κ2) is 8.13. The molecule has 0 aliphatic carbocycles. The van der Waals surface area contributed by atoms with Gasteiger partial charge in [-0.2, -0.15) is 0 Å². The quantitative estimate of drug-likeness (QED) is 0.843. The first kappa shape index (κ1) is 14.3. The monoisotopic (exact) mass is 258 g/mol. The number of nitrogens with one attached hydrogen (secondary N) is 1. The molecule has 19 heavy (non-hydrogen) atoms. The Bertz CT molecular complexity index is 364. The fourth-order valence-electron chi connectivity index (χ4n) is 2.67. The summed E-state index contributed by atoms with van der Waals surface area (Å²) in [4.78, 5) is 2.58. The summed E-state index contributed by atoms with van der Waals surface area (Å²) in [5.41, 5.74) is 1.28. The Kier molecular flexibility index (Phi) is 6.12. The molecule has 1 aliphatic heterocycles. The van der Waals surface area contributed by atoms with E-state index in [1.165, 1.54) is 44.5 Å². The molecule has 1 aliphatic rings. The maximum absolute atomic E-state index is 3.64. The molecule has 0 saturated carbocycles. The van der Waals surface area contributed by atoms with E-state index in [-0.39, 0.29) is 0 Å². The van der Waals surface area contributed by atoms with E-state index < -0.39 is 0 Å². The average Bonchev–Trinajstić information content (AvgIpc) is 2.47. The van der Waals surface area contributed by atoms with E-state index in [0.717, 1.165) is 6.54 Å². The summed E-state index contributed by atoms with van der Waals surface area (Å²) in [5, 5.41) is 3.64. The van der Waals surface area contributed by atoms with Crippen LogP contribution in [-0.4, -0.2) is 37.1 Å². The first-order valence-electron chi connectivity index (χ1n) is 7.56. The van der Waals surface area contributed by atoms with Gasteiger partial charge in [0.05, 0.1) is 0 Å². The van der Waals surface area contributed by atoms with Crippen LogP contribution in [0.4, 0.5) is 0 Å². The van der Waals surface area contributed by atoms with Gasteiger partial charge in [0.1, 0.15) is 0 Å². The SMILES string of the molecule is CCCN1CCC(NCC=Cc2ccccc2)CC1. The summed E-state index contributed by atoms with van der Waals surface area (Å²) in [5.74, 6) is 0. The van der Waals surface area contributed by atoms with Crippen LogP contribution in [0.25, 0.3) is 6.08 Å². The molecule has 0 bridgehead atoms. The predicted molar refractivity (Wildman–Crippen MR) is 83.2 cm³/mol. The van der Waals surface area contributed by atoms with Crippen molar-refractivity contribution in [3.05, 3.63) is 42.0 Å². The van der Waals surface area contributed by atoms with E-state index in [0.29, 0.717) is 6.04 Å². The zero-order chi connectivity index (χ0) is 13.3. The summed E-state index contributed by atoms with van der Waals surface area (Å²) in [6.07, 6.45) is 8.28. The molecule has 0 spiro atoms. The number of benzene rings is 1. The van der Waals surface area contributed by atoms with Gasteiger partial charge in [-0.25, -0.2) is 0 Å². The normalized spacial score (nSPS) is 18.2. The molecule has 2 rings (SSSR count). The van der Waals surface area contributed by atoms with Crippen molar-refractivity contribution in [3.8, 4) is 0 Å². The van der Waals surface area contributed by atoms with Gasteiger partial charge in [-0.05, 0) is 44.5 Å². The Balaban J connectivity index is 1.63. The zero-order valence-electron chi connectivity index (χ0n) is 12.0. The second-order valence-electron chi connectivity index (χ2n) is 5.34. The highest BCUT2D eigenvalue weighted by Gasteiger charge is 2.16. The first-order chi connectivity index (χ1) is 9.38. The van der Waals surface area contributed by atoms with E-state index in [1.54, 1.807) is 0 Å². The maximum Gasteiger partial charge on any atom is 0.0140 e. The average molecular weight is 258 g/mol. The molecular formula is C17H26N2. The predicted octanol–water partition coefficient (Wildman–Crippen LogP) is 3.16. The van der Waals surface area contributed by atoms with Crippen molar-refractivity contribution < 1.29 is 0 Å². The van der Waals surface area contributed by atoms with Crippen molar-refractivity contribution in [2.75, 3.05) is 26.2 Å². The number of rotatable bonds is 6. The van der Waals surface area contributed by atoms with Crippen LogP contribution in [0.3, 0.4) is 0 Å². The highest BCUT2D eigenvalue weighted by Crippen LogP contribution is 2.10. The van der Waals surface area contributed by atoms with Crippen molar-refractivity contribution in [1.29, 1.82) is 0 Å². The number of hydrogen-bond acceptors (Lipinski definition) is 2. The zero-order valence-corrected chi connectivity index (χ0v) is 12.0. The third-order valence-corrected chi connectivity index (χ3v) is 3.76. The Morgan fingerprint density at radius 3 is 2.63 bits per heavy atom. The summed E-state index contributed by atoms with van der Waals surface area (Å²) < 4.78 is 0. The summed E-state index contributed by atoms with van der Waals surface area (Å²) >= 11 is 0. The molecule has 0 radical (unpaired) electrons. The minimum absolute atomic E-state index is 0.702. The minimum Gasteiger partial charge on any atom is -0.310 e. The highest BCUT2D eigenvalue weighted by molar-refractivity contribution is 5.48. The first-order valence-corrected chi connectivity index (χ1v) is 7.56. The van der Waals surface area contributed by atoms with E-state index in [9.17, 15) is 0 Å². The van der Waals surface area contributed by atoms with Crippen LogP contribution in [0.1, 0.15) is 31.7 Å². The summed E-state index contributed by atoms with van der Waals surface area (Å²) in [7, 11) is 0. The van der Waals surface area contributed by atoms with Crippen molar-refractivity contribution >= 4 is 6.08 Å². The van der Waals surface area contributed by atoms with Crippen molar-refractivity contribution in [2.45, 2.75) is 32.2 Å². The Labute approximate surface area is 117 Å². The standard InChI is InChI=1S/C17H26N2/c1-2-13-19-14-10-17(11-15-19)18-12-6-9-16-7-4-3-5-8-16/h3-9,17-18H,2,10-15H2,1H3. The molecule has 2 heteroatoms. The highest BCUT2D eigenvalue weighted by atomic mass is 15.1. The van der Waals surface area contributed by atoms with Crippen molar-refractivity contribution in [1.82, 2.24) is 10.2 Å². The molecule has 1 aromatic carbocycles. The van der Waals surface area contributed by atoms with Crippen LogP contribution in [-0.2, 0) is 0 Å². The van der Waals surface area contributed by atoms with E-state index in [4.69, 9.17) is 0 Å². The van der Waals surface area contributed by atoms with E-state index in [2.05, 4.69) is 59.6 Å². The third kappa shape index (κ3) is 5.17. The van der Waals surface area contributed by atoms with Crippen LogP contribution < -0.4 is 5.32 Å². The Hall–Kier alpha value is -1.12. The molecule has 0 unspecified atom stereocenters. The lowest BCUT2D eigenvalue weighted by Gasteiger charge is -2.32. The lowest BCUT2D eigenvalue weighted by Crippen LogP contribution is -2.42. The lowest BCUT2D eigenvalue weighted by molar-refractivity contribution is 0.200. The van der Waals surface area contributed by atoms with Crippen molar-refractivity contribution in [3.63, 3.8) is 0 Å². The molecule has 1 saturated heterocycles. The second-order valence-corrected chi connectivity index (χ2v) is 5.34. The number of likely N-dealkylation sites (tertiary alicyclic amines) is 1. The Morgan fingerprint density at radius 1 is 1.21 bits per heavy atom. The third-order valence-electron chi connectivity index (χ3n) is 3.76. The largest absolute Gasteiger partial charge is 0.310 e. The molecular weight excluding hydrogens is 232 g/mol. The van der Waals surface area contributed by atoms with Crippen LogP contribution in [0.2, 0.25) is 0 Å². The molecule has 0 atom stereocenters. The number of piperidine rings is 1. The van der Waals surface area contributed by atoms with Gasteiger partial charge in [-0.3, -0.25) is 0 Å².